The summed E-state index contributed by atoms with van der Waals surface area (Å²) in [6.07, 6.45) is 13.3. The second kappa shape index (κ2) is 10.0. The third-order valence-corrected chi connectivity index (χ3v) is 12.5. The Kier molecular flexibility index (Phi) is 6.97. The number of likely N-dealkylation sites (tertiary alicyclic amines) is 1. The zero-order valence-electron chi connectivity index (χ0n) is 24.8. The molecular formula is C34H49N3O2. The van der Waals surface area contributed by atoms with E-state index in [0.717, 1.165) is 48.1 Å². The van der Waals surface area contributed by atoms with Gasteiger partial charge in [-0.15, -0.1) is 0 Å². The minimum atomic E-state index is -0.523. The molecular weight excluding hydrogens is 482 g/mol. The molecule has 1 heterocycles. The molecule has 6 rings (SSSR count). The second-order valence-corrected chi connectivity index (χ2v) is 14.2. The molecule has 39 heavy (non-hydrogen) atoms. The largest absolute Gasteiger partial charge is 0.344 e. The number of rotatable bonds is 5. The van der Waals surface area contributed by atoms with Gasteiger partial charge in [0, 0.05) is 39.0 Å². The van der Waals surface area contributed by atoms with Gasteiger partial charge in [0.15, 0.2) is 0 Å². The Bertz CT molecular complexity index is 1130. The van der Waals surface area contributed by atoms with Crippen molar-refractivity contribution in [3.05, 3.63) is 47.5 Å². The lowest BCUT2D eigenvalue weighted by atomic mass is 9.47. The fraction of sp³-hybridized carbons (Fsp3) is 0.706. The van der Waals surface area contributed by atoms with E-state index in [0.29, 0.717) is 11.8 Å². The van der Waals surface area contributed by atoms with Gasteiger partial charge in [0.1, 0.15) is 6.04 Å². The van der Waals surface area contributed by atoms with Crippen molar-refractivity contribution in [2.24, 2.45) is 34.5 Å². The third kappa shape index (κ3) is 4.38. The van der Waals surface area contributed by atoms with Crippen molar-refractivity contribution in [3.63, 3.8) is 0 Å². The molecule has 212 valence electrons. The summed E-state index contributed by atoms with van der Waals surface area (Å²) in [5.74, 6) is 3.30. The van der Waals surface area contributed by atoms with E-state index < -0.39 is 6.04 Å². The zero-order chi connectivity index (χ0) is 27.5. The number of fused-ring (bicyclic) bond motifs is 4. The van der Waals surface area contributed by atoms with E-state index in [1.54, 1.807) is 5.57 Å². The number of likely N-dealkylation sites (N-methyl/N-ethyl adjacent to an activating group) is 1. The van der Waals surface area contributed by atoms with Crippen LogP contribution in [0.5, 0.6) is 0 Å². The molecule has 5 nitrogen and oxygen atoms in total. The molecule has 9 atom stereocenters. The normalized spacial score (nSPS) is 40.0. The van der Waals surface area contributed by atoms with Crippen LogP contribution >= 0.6 is 0 Å². The molecule has 0 radical (unpaired) electrons. The van der Waals surface area contributed by atoms with E-state index in [1.165, 1.54) is 52.0 Å². The highest BCUT2D eigenvalue weighted by atomic mass is 16.2. The lowest BCUT2D eigenvalue weighted by molar-refractivity contribution is -0.137. The Balaban J connectivity index is 1.17. The average molecular weight is 532 g/mol. The maximum Gasteiger partial charge on any atom is 0.245 e. The van der Waals surface area contributed by atoms with Gasteiger partial charge in [0.2, 0.25) is 11.8 Å². The zero-order valence-corrected chi connectivity index (χ0v) is 24.8. The minimum absolute atomic E-state index is 0.0352. The topological polar surface area (TPSA) is 52.7 Å². The predicted octanol–water partition coefficient (Wildman–Crippen LogP) is 5.45. The van der Waals surface area contributed by atoms with Crippen LogP contribution in [0.25, 0.3) is 0 Å². The Hall–Kier alpha value is -2.14. The summed E-state index contributed by atoms with van der Waals surface area (Å²) in [6, 6.07) is 10.4. The summed E-state index contributed by atoms with van der Waals surface area (Å²) < 4.78 is 0. The maximum atomic E-state index is 13.7. The fourth-order valence-electron chi connectivity index (χ4n) is 10.5. The van der Waals surface area contributed by atoms with Crippen LogP contribution < -0.4 is 5.32 Å². The number of nitrogens with zero attached hydrogens (tertiary/aromatic N) is 2. The molecule has 1 aliphatic heterocycles. The smallest absolute Gasteiger partial charge is 0.245 e. The monoisotopic (exact) mass is 531 g/mol. The number of amides is 2. The van der Waals surface area contributed by atoms with Gasteiger partial charge in [0.05, 0.1) is 0 Å². The number of carbonyl (C=O) groups is 2. The first kappa shape index (κ1) is 27.1. The summed E-state index contributed by atoms with van der Waals surface area (Å²) in [7, 11) is 4.32. The van der Waals surface area contributed by atoms with Crippen molar-refractivity contribution in [2.75, 3.05) is 20.6 Å². The molecule has 3 saturated carbocycles. The fourth-order valence-corrected chi connectivity index (χ4v) is 10.5. The molecule has 0 aromatic heterocycles. The molecule has 4 fully saturated rings. The van der Waals surface area contributed by atoms with Crippen molar-refractivity contribution in [1.29, 1.82) is 0 Å². The number of hydrogen-bond donors (Lipinski definition) is 1. The van der Waals surface area contributed by atoms with E-state index >= 15 is 0 Å². The van der Waals surface area contributed by atoms with Gasteiger partial charge in [-0.25, -0.2) is 0 Å². The van der Waals surface area contributed by atoms with Gasteiger partial charge in [-0.3, -0.25) is 9.59 Å². The molecule has 0 bridgehead atoms. The van der Waals surface area contributed by atoms with Crippen LogP contribution in [0.1, 0.15) is 77.7 Å². The summed E-state index contributed by atoms with van der Waals surface area (Å²) >= 11 is 0. The van der Waals surface area contributed by atoms with Crippen LogP contribution in [0.3, 0.4) is 0 Å². The van der Waals surface area contributed by atoms with Gasteiger partial charge in [0.25, 0.3) is 0 Å². The van der Waals surface area contributed by atoms with E-state index in [2.05, 4.69) is 37.2 Å². The Morgan fingerprint density at radius 2 is 1.82 bits per heavy atom. The first-order valence-electron chi connectivity index (χ1n) is 15.6. The molecule has 5 aliphatic rings. The van der Waals surface area contributed by atoms with E-state index in [1.807, 2.05) is 42.3 Å². The molecule has 1 aromatic rings. The molecule has 0 unspecified atom stereocenters. The highest BCUT2D eigenvalue weighted by molar-refractivity contribution is 5.87. The van der Waals surface area contributed by atoms with Crippen LogP contribution in [0.15, 0.2) is 42.0 Å². The number of benzene rings is 1. The van der Waals surface area contributed by atoms with Gasteiger partial charge in [-0.1, -0.05) is 48.9 Å². The SMILES string of the molecule is CC(=O)N[C@@H](Cc1ccccc1)C(=O)N(C)[C@H]1CC[C@@]2(C)C(=CC[C@H]3[C@@H]4CC[C@@H]5[C@H](C)N(C)C[C@@]54CC[C@@H]32)C1. The molecule has 1 saturated heterocycles. The summed E-state index contributed by atoms with van der Waals surface area (Å²) in [5.41, 5.74) is 3.53. The lowest BCUT2D eigenvalue weighted by Gasteiger charge is -2.58. The van der Waals surface area contributed by atoms with Crippen LogP contribution in [-0.2, 0) is 16.0 Å². The highest BCUT2D eigenvalue weighted by Crippen LogP contribution is 2.68. The van der Waals surface area contributed by atoms with Crippen molar-refractivity contribution >= 4 is 11.8 Å². The molecule has 1 N–H and O–H groups in total. The maximum absolute atomic E-state index is 13.7. The Morgan fingerprint density at radius 1 is 1.08 bits per heavy atom. The standard InChI is InChI=1S/C34H49N3O2/c1-22-28-13-14-30-27-12-11-25-20-26(15-17-33(25,3)29(27)16-18-34(28,30)21-36(22)4)37(5)32(39)31(35-23(2)38)19-24-9-7-6-8-10-24/h6-11,22,26-31H,12-21H2,1-5H3,(H,35,38)/t22-,26-,27+,28+,29-,30-,31-,33-,34-/m0/s1. The second-order valence-electron chi connectivity index (χ2n) is 14.2. The van der Waals surface area contributed by atoms with Crippen molar-refractivity contribution in [3.8, 4) is 0 Å². The predicted molar refractivity (Wildman–Crippen MR) is 156 cm³/mol. The number of allylic oxidation sites excluding steroid dienone is 1. The molecule has 1 spiro atoms. The van der Waals surface area contributed by atoms with Crippen molar-refractivity contribution in [1.82, 2.24) is 15.1 Å². The van der Waals surface area contributed by atoms with E-state index in [-0.39, 0.29) is 23.3 Å². The van der Waals surface area contributed by atoms with Gasteiger partial charge in [-0.2, -0.15) is 0 Å². The first-order chi connectivity index (χ1) is 18.6. The highest BCUT2D eigenvalue weighted by Gasteiger charge is 2.64. The van der Waals surface area contributed by atoms with Crippen LogP contribution in [0.2, 0.25) is 0 Å². The summed E-state index contributed by atoms with van der Waals surface area (Å²) in [4.78, 5) is 30.3. The number of nitrogens with one attached hydrogen (secondary N) is 1. The molecule has 2 amide bonds. The molecule has 1 aromatic carbocycles. The number of hydrogen-bond acceptors (Lipinski definition) is 3. The molecule has 4 aliphatic carbocycles. The minimum Gasteiger partial charge on any atom is -0.344 e. The molecule has 5 heteroatoms. The van der Waals surface area contributed by atoms with Crippen LogP contribution in [0.4, 0.5) is 0 Å². The van der Waals surface area contributed by atoms with Gasteiger partial charge in [-0.05, 0) is 105 Å². The van der Waals surface area contributed by atoms with Gasteiger partial charge >= 0.3 is 0 Å². The van der Waals surface area contributed by atoms with Crippen molar-refractivity contribution < 1.29 is 9.59 Å². The Morgan fingerprint density at radius 3 is 2.56 bits per heavy atom. The lowest BCUT2D eigenvalue weighted by Crippen LogP contribution is -2.55. The van der Waals surface area contributed by atoms with Crippen molar-refractivity contribution in [2.45, 2.75) is 96.7 Å². The third-order valence-electron chi connectivity index (χ3n) is 12.5. The van der Waals surface area contributed by atoms with Crippen LogP contribution in [0, 0.1) is 34.5 Å². The quantitative estimate of drug-likeness (QED) is 0.514. The summed E-state index contributed by atoms with van der Waals surface area (Å²) in [6.45, 7) is 7.86. The summed E-state index contributed by atoms with van der Waals surface area (Å²) in [5, 5.41) is 2.95. The average Bonchev–Trinajstić information content (AvgIpc) is 3.40. The Labute approximate surface area is 235 Å². The van der Waals surface area contributed by atoms with E-state index in [4.69, 9.17) is 0 Å². The number of carbonyl (C=O) groups excluding carboxylic acids is 2. The van der Waals surface area contributed by atoms with Gasteiger partial charge < -0.3 is 15.1 Å². The first-order valence-corrected chi connectivity index (χ1v) is 15.6. The van der Waals surface area contributed by atoms with E-state index in [9.17, 15) is 9.59 Å². The van der Waals surface area contributed by atoms with Crippen LogP contribution in [-0.4, -0.2) is 60.4 Å².